The maximum absolute atomic E-state index is 14.9. The molecule has 33 heavy (non-hydrogen) atoms. The Bertz CT molecular complexity index is 1390. The van der Waals surface area contributed by atoms with Gasteiger partial charge in [0.2, 0.25) is 11.0 Å². The molecule has 4 rings (SSSR count). The van der Waals surface area contributed by atoms with Crippen LogP contribution in [0.2, 0.25) is 20.1 Å². The summed E-state index contributed by atoms with van der Waals surface area (Å²) in [6.07, 6.45) is 0. The molecule has 166 valence electrons. The zero-order valence-electron chi connectivity index (χ0n) is 16.5. The Hall–Kier alpha value is -1.40. The summed E-state index contributed by atoms with van der Waals surface area (Å²) in [5.74, 6) is 0. The van der Waals surface area contributed by atoms with Crippen LogP contribution in [0.25, 0.3) is 10.8 Å². The molecule has 0 N–H and O–H groups in total. The van der Waals surface area contributed by atoms with Crippen molar-refractivity contribution in [3.8, 4) is 0 Å². The predicted octanol–water partition coefficient (Wildman–Crippen LogP) is 8.73. The lowest BCUT2D eigenvalue weighted by molar-refractivity contribution is 0.104. The third-order valence-corrected chi connectivity index (χ3v) is 10.4. The quantitative estimate of drug-likeness (QED) is 0.161. The van der Waals surface area contributed by atoms with Crippen LogP contribution in [0, 0.1) is 3.57 Å². The molecule has 0 aliphatic rings. The fourth-order valence-corrected chi connectivity index (χ4v) is 9.07. The van der Waals surface area contributed by atoms with Crippen molar-refractivity contribution in [2.75, 3.05) is 0 Å². The Morgan fingerprint density at radius 2 is 1.09 bits per heavy atom. The number of benzene rings is 4. The lowest BCUT2D eigenvalue weighted by atomic mass is 10.1. The summed E-state index contributed by atoms with van der Waals surface area (Å²) in [6, 6.07) is 19.5. The summed E-state index contributed by atoms with van der Waals surface area (Å²) >= 11 is 27.2. The van der Waals surface area contributed by atoms with E-state index in [4.69, 9.17) is 46.4 Å². The maximum atomic E-state index is 14.9. The lowest BCUT2D eigenvalue weighted by Crippen LogP contribution is -2.24. The first-order valence-corrected chi connectivity index (χ1v) is 13.7. The Kier molecular flexibility index (Phi) is 7.26. The Morgan fingerprint density at radius 3 is 1.58 bits per heavy atom. The SMILES string of the molecule is O=C(c1c(Cl)cccc1Cl)P(=O)(C(=O)c1c(Cl)cccc1Cl)c1c(I)ccc2ccccc12. The summed E-state index contributed by atoms with van der Waals surface area (Å²) in [5.41, 5.74) is -2.34. The molecule has 4 aromatic carbocycles. The summed E-state index contributed by atoms with van der Waals surface area (Å²) in [5, 5.41) is 1.26. The second-order valence-corrected chi connectivity index (χ2v) is 12.3. The van der Waals surface area contributed by atoms with Gasteiger partial charge in [0.1, 0.15) is 0 Å². The zero-order valence-corrected chi connectivity index (χ0v) is 22.6. The van der Waals surface area contributed by atoms with Crippen LogP contribution in [0.15, 0.2) is 72.8 Å². The van der Waals surface area contributed by atoms with Gasteiger partial charge in [-0.05, 0) is 63.7 Å². The zero-order chi connectivity index (χ0) is 23.9. The normalized spacial score (nSPS) is 11.5. The number of carbonyl (C=O) groups is 2. The maximum Gasteiger partial charge on any atom is 0.250 e. The van der Waals surface area contributed by atoms with Crippen LogP contribution < -0.4 is 5.30 Å². The second kappa shape index (κ2) is 9.69. The average Bonchev–Trinajstić information content (AvgIpc) is 2.78. The van der Waals surface area contributed by atoms with E-state index in [0.29, 0.717) is 14.3 Å². The molecule has 0 radical (unpaired) electrons. The third kappa shape index (κ3) is 4.27. The molecular weight excluding hydrogens is 636 g/mol. The van der Waals surface area contributed by atoms with E-state index in [0.717, 1.165) is 0 Å². The Balaban J connectivity index is 2.14. The molecule has 0 saturated carbocycles. The lowest BCUT2D eigenvalue weighted by Gasteiger charge is -2.21. The molecule has 0 aromatic heterocycles. The van der Waals surface area contributed by atoms with Crippen LogP contribution in [0.5, 0.6) is 0 Å². The fourth-order valence-electron chi connectivity index (χ4n) is 3.56. The Labute approximate surface area is 223 Å². The van der Waals surface area contributed by atoms with Gasteiger partial charge in [-0.2, -0.15) is 0 Å². The van der Waals surface area contributed by atoms with E-state index in [2.05, 4.69) is 0 Å². The average molecular weight is 648 g/mol. The molecule has 0 aliphatic heterocycles. The monoisotopic (exact) mass is 646 g/mol. The van der Waals surface area contributed by atoms with E-state index >= 15 is 0 Å². The van der Waals surface area contributed by atoms with Gasteiger partial charge in [0.05, 0.1) is 31.2 Å². The van der Waals surface area contributed by atoms with Crippen molar-refractivity contribution in [3.63, 3.8) is 0 Å². The van der Waals surface area contributed by atoms with Gasteiger partial charge >= 0.3 is 0 Å². The van der Waals surface area contributed by atoms with Crippen molar-refractivity contribution in [1.82, 2.24) is 0 Å². The number of carbonyl (C=O) groups excluding carboxylic acids is 2. The number of halogens is 5. The summed E-state index contributed by atoms with van der Waals surface area (Å²) in [4.78, 5) is 28.0. The van der Waals surface area contributed by atoms with Gasteiger partial charge in [0.15, 0.2) is 0 Å². The van der Waals surface area contributed by atoms with Gasteiger partial charge in [-0.3, -0.25) is 9.59 Å². The van der Waals surface area contributed by atoms with Crippen molar-refractivity contribution < 1.29 is 14.2 Å². The molecule has 0 aliphatic carbocycles. The van der Waals surface area contributed by atoms with Gasteiger partial charge in [-0.1, -0.05) is 88.9 Å². The van der Waals surface area contributed by atoms with Crippen LogP contribution in [0.3, 0.4) is 0 Å². The second-order valence-electron chi connectivity index (χ2n) is 7.03. The van der Waals surface area contributed by atoms with Crippen molar-refractivity contribution >= 4 is 103 Å². The van der Waals surface area contributed by atoms with Gasteiger partial charge < -0.3 is 4.57 Å². The van der Waals surface area contributed by atoms with E-state index in [-0.39, 0.29) is 36.5 Å². The van der Waals surface area contributed by atoms with Crippen molar-refractivity contribution in [3.05, 3.63) is 108 Å². The number of hydrogen-bond acceptors (Lipinski definition) is 3. The molecule has 9 heteroatoms. The minimum absolute atomic E-state index is 0.0129. The standard InChI is InChI=1S/C24H12Cl4IO3P/c25-15-7-3-8-16(26)20(15)23(30)33(32,24(31)21-17(27)9-4-10-18(21)28)22-14-6-2-1-5-13(14)11-12-19(22)29/h1-12H. The highest BCUT2D eigenvalue weighted by Crippen LogP contribution is 2.56. The van der Waals surface area contributed by atoms with E-state index in [1.54, 1.807) is 36.4 Å². The van der Waals surface area contributed by atoms with Crippen LogP contribution >= 0.6 is 76.1 Å². The molecular formula is C24H12Cl4IO3P. The molecule has 0 amide bonds. The van der Waals surface area contributed by atoms with Gasteiger partial charge in [-0.15, -0.1) is 0 Å². The van der Waals surface area contributed by atoms with Crippen LogP contribution in [0.4, 0.5) is 0 Å². The predicted molar refractivity (Wildman–Crippen MR) is 145 cm³/mol. The highest BCUT2D eigenvalue weighted by Gasteiger charge is 2.47. The smallest absolute Gasteiger partial charge is 0.250 e. The van der Waals surface area contributed by atoms with Gasteiger partial charge in [0, 0.05) is 8.87 Å². The number of rotatable bonds is 5. The first kappa shape index (κ1) is 24.7. The minimum atomic E-state index is -4.61. The van der Waals surface area contributed by atoms with E-state index in [1.165, 1.54) is 24.3 Å². The summed E-state index contributed by atoms with van der Waals surface area (Å²) in [7, 11) is -4.61. The van der Waals surface area contributed by atoms with Gasteiger partial charge in [-0.25, -0.2) is 0 Å². The minimum Gasteiger partial charge on any atom is -0.302 e. The molecule has 0 heterocycles. The van der Waals surface area contributed by atoms with E-state index in [1.807, 2.05) is 34.7 Å². The largest absolute Gasteiger partial charge is 0.302 e. The molecule has 4 aromatic rings. The number of fused-ring (bicyclic) bond motifs is 1. The van der Waals surface area contributed by atoms with Crippen molar-refractivity contribution in [1.29, 1.82) is 0 Å². The highest BCUT2D eigenvalue weighted by atomic mass is 127. The molecule has 0 saturated heterocycles. The van der Waals surface area contributed by atoms with E-state index < -0.39 is 18.2 Å². The molecule has 0 bridgehead atoms. The molecule has 3 nitrogen and oxygen atoms in total. The van der Waals surface area contributed by atoms with Crippen molar-refractivity contribution in [2.24, 2.45) is 0 Å². The first-order chi connectivity index (χ1) is 15.7. The molecule has 0 atom stereocenters. The fraction of sp³-hybridized carbons (Fsp3) is 0. The van der Waals surface area contributed by atoms with Crippen molar-refractivity contribution in [2.45, 2.75) is 0 Å². The van der Waals surface area contributed by atoms with E-state index in [9.17, 15) is 14.2 Å². The van der Waals surface area contributed by atoms with Gasteiger partial charge in [0.25, 0.3) is 7.14 Å². The summed E-state index contributed by atoms with van der Waals surface area (Å²) in [6.45, 7) is 0. The number of hydrogen-bond donors (Lipinski definition) is 0. The molecule has 0 fully saturated rings. The third-order valence-electron chi connectivity index (χ3n) is 5.09. The Morgan fingerprint density at radius 1 is 0.636 bits per heavy atom. The van der Waals surface area contributed by atoms with Crippen LogP contribution in [-0.2, 0) is 4.57 Å². The van der Waals surface area contributed by atoms with Crippen LogP contribution in [0.1, 0.15) is 20.7 Å². The van der Waals surface area contributed by atoms with Crippen LogP contribution in [-0.4, -0.2) is 11.0 Å². The highest BCUT2D eigenvalue weighted by molar-refractivity contribution is 14.1. The topological polar surface area (TPSA) is 51.2 Å². The molecule has 0 spiro atoms. The summed E-state index contributed by atoms with van der Waals surface area (Å²) < 4.78 is 15.4. The molecule has 0 unspecified atom stereocenters. The first-order valence-electron chi connectivity index (χ1n) is 9.43.